The number of ether oxygens (including phenoxy) is 1. The number of piperidine rings is 1. The smallest absolute Gasteiger partial charge is 0.454 e. The van der Waals surface area contributed by atoms with Crippen molar-refractivity contribution in [1.29, 1.82) is 0 Å². The average Bonchev–Trinajstić information content (AvgIpc) is 3.36. The number of carbonyl (C=O) groups is 1. The number of aromatic nitrogens is 1. The highest BCUT2D eigenvalue weighted by molar-refractivity contribution is 5.94. The van der Waals surface area contributed by atoms with Crippen LogP contribution in [-0.2, 0) is 6.54 Å². The standard InChI is InChI=1S/C25H31F6N3O3/c1-2-18(19-7-9-34(10-8-19)16-24(27,28)25(29,30)31)4-3-11-36-20-5-6-21(22(26)12-20)23(35)32-13-17-14-33-37-15-17/h5-6,12,14-15,18-19H,2-4,7-11,13,16H2,1H3,(H,32,35)/t18-/m0/s1. The SMILES string of the molecule is CC[C@@H](CCCOc1ccc(C(=O)NCc2cnoc2)c(F)c1)C1CCN(CC(F)(F)C(F)(F)F)CC1. The number of alkyl halides is 5. The molecule has 0 aliphatic carbocycles. The van der Waals surface area contributed by atoms with E-state index in [1.807, 2.05) is 6.92 Å². The first kappa shape index (κ1) is 28.8. The second-order valence-electron chi connectivity index (χ2n) is 9.33. The zero-order valence-electron chi connectivity index (χ0n) is 20.5. The molecule has 1 amide bonds. The molecule has 6 nitrogen and oxygen atoms in total. The molecule has 1 atom stereocenters. The van der Waals surface area contributed by atoms with Crippen LogP contribution in [0.1, 0.15) is 54.9 Å². The van der Waals surface area contributed by atoms with Gasteiger partial charge in [-0.25, -0.2) is 4.39 Å². The summed E-state index contributed by atoms with van der Waals surface area (Å²) in [7, 11) is 0. The normalized spacial score (nSPS) is 16.5. The van der Waals surface area contributed by atoms with Gasteiger partial charge in [-0.15, -0.1) is 0 Å². The number of nitrogens with one attached hydrogen (secondary N) is 1. The number of benzene rings is 1. The number of amides is 1. The van der Waals surface area contributed by atoms with Crippen LogP contribution >= 0.6 is 0 Å². The van der Waals surface area contributed by atoms with Crippen LogP contribution in [0.5, 0.6) is 5.75 Å². The predicted octanol–water partition coefficient (Wildman–Crippen LogP) is 5.84. The summed E-state index contributed by atoms with van der Waals surface area (Å²) in [6.45, 7) is 1.62. The molecule has 1 fully saturated rings. The molecule has 1 aromatic carbocycles. The number of carbonyl (C=O) groups excluding carboxylic acids is 1. The van der Waals surface area contributed by atoms with E-state index < -0.39 is 30.4 Å². The van der Waals surface area contributed by atoms with Gasteiger partial charge in [0.2, 0.25) is 0 Å². The minimum atomic E-state index is -5.54. The highest BCUT2D eigenvalue weighted by Gasteiger charge is 2.58. The Kier molecular flexibility index (Phi) is 9.86. The molecular weight excluding hydrogens is 504 g/mol. The molecule has 0 unspecified atom stereocenters. The number of hydrogen-bond acceptors (Lipinski definition) is 5. The summed E-state index contributed by atoms with van der Waals surface area (Å²) < 4.78 is 88.8. The van der Waals surface area contributed by atoms with E-state index in [4.69, 9.17) is 4.74 Å². The molecule has 1 saturated heterocycles. The van der Waals surface area contributed by atoms with Crippen molar-refractivity contribution in [2.24, 2.45) is 11.8 Å². The second kappa shape index (κ2) is 12.7. The van der Waals surface area contributed by atoms with Crippen LogP contribution in [0.3, 0.4) is 0 Å². The molecular formula is C25H31F6N3O3. The van der Waals surface area contributed by atoms with E-state index >= 15 is 0 Å². The zero-order chi connectivity index (χ0) is 27.1. The second-order valence-corrected chi connectivity index (χ2v) is 9.33. The van der Waals surface area contributed by atoms with E-state index in [0.29, 0.717) is 43.1 Å². The Bertz CT molecular complexity index is 992. The van der Waals surface area contributed by atoms with Crippen LogP contribution in [0.15, 0.2) is 35.2 Å². The Labute approximate surface area is 211 Å². The Morgan fingerprint density at radius 3 is 2.57 bits per heavy atom. The maximum Gasteiger partial charge on any atom is 0.454 e. The minimum Gasteiger partial charge on any atom is -0.493 e. The molecule has 206 valence electrons. The molecule has 2 aromatic rings. The molecule has 12 heteroatoms. The van der Waals surface area contributed by atoms with Crippen LogP contribution in [-0.4, -0.2) is 54.3 Å². The van der Waals surface area contributed by atoms with Crippen molar-refractivity contribution in [2.75, 3.05) is 26.2 Å². The van der Waals surface area contributed by atoms with Crippen LogP contribution in [0.25, 0.3) is 0 Å². The minimum absolute atomic E-state index is 0.116. The summed E-state index contributed by atoms with van der Waals surface area (Å²) in [6, 6.07) is 4.01. The van der Waals surface area contributed by atoms with E-state index in [-0.39, 0.29) is 31.1 Å². The van der Waals surface area contributed by atoms with Crippen molar-refractivity contribution in [3.63, 3.8) is 0 Å². The van der Waals surface area contributed by atoms with E-state index in [9.17, 15) is 31.1 Å². The highest BCUT2D eigenvalue weighted by Crippen LogP contribution is 2.38. The molecule has 1 aromatic heterocycles. The van der Waals surface area contributed by atoms with Gasteiger partial charge in [0.05, 0.1) is 24.9 Å². The summed E-state index contributed by atoms with van der Waals surface area (Å²) in [5.74, 6) is -5.17. The van der Waals surface area contributed by atoms with Crippen LogP contribution in [0, 0.1) is 17.7 Å². The quantitative estimate of drug-likeness (QED) is 0.273. The van der Waals surface area contributed by atoms with Crippen molar-refractivity contribution in [2.45, 2.75) is 57.7 Å². The van der Waals surface area contributed by atoms with Gasteiger partial charge in [0.15, 0.2) is 0 Å². The maximum absolute atomic E-state index is 14.4. The van der Waals surface area contributed by atoms with E-state index in [1.165, 1.54) is 29.5 Å². The third-order valence-electron chi connectivity index (χ3n) is 6.77. The number of likely N-dealkylation sites (tertiary alicyclic amines) is 1. The molecule has 37 heavy (non-hydrogen) atoms. The molecule has 0 radical (unpaired) electrons. The summed E-state index contributed by atoms with van der Waals surface area (Å²) in [5.41, 5.74) is 0.529. The average molecular weight is 536 g/mol. The third kappa shape index (κ3) is 8.11. The van der Waals surface area contributed by atoms with Gasteiger partial charge in [-0.2, -0.15) is 22.0 Å². The maximum atomic E-state index is 14.4. The van der Waals surface area contributed by atoms with Gasteiger partial charge < -0.3 is 14.6 Å². The predicted molar refractivity (Wildman–Crippen MR) is 123 cm³/mol. The summed E-state index contributed by atoms with van der Waals surface area (Å²) in [5, 5.41) is 6.10. The number of rotatable bonds is 12. The van der Waals surface area contributed by atoms with Gasteiger partial charge in [-0.3, -0.25) is 9.69 Å². The van der Waals surface area contributed by atoms with Crippen molar-refractivity contribution in [3.8, 4) is 5.75 Å². The summed E-state index contributed by atoms with van der Waals surface area (Å²) in [4.78, 5) is 13.4. The van der Waals surface area contributed by atoms with Crippen LogP contribution in [0.2, 0.25) is 0 Å². The lowest BCUT2D eigenvalue weighted by Crippen LogP contribution is -2.49. The van der Waals surface area contributed by atoms with Crippen molar-refractivity contribution >= 4 is 5.91 Å². The number of nitrogens with zero attached hydrogens (tertiary/aromatic N) is 2. The molecule has 0 saturated carbocycles. The molecule has 3 rings (SSSR count). The van der Waals surface area contributed by atoms with Gasteiger partial charge >= 0.3 is 12.1 Å². The number of halogens is 6. The van der Waals surface area contributed by atoms with Gasteiger partial charge in [-0.05, 0) is 62.7 Å². The summed E-state index contributed by atoms with van der Waals surface area (Å²) >= 11 is 0. The van der Waals surface area contributed by atoms with Gasteiger partial charge in [0, 0.05) is 18.2 Å². The summed E-state index contributed by atoms with van der Waals surface area (Å²) in [6.07, 6.45) is 0.747. The number of hydrogen-bond donors (Lipinski definition) is 1. The van der Waals surface area contributed by atoms with Crippen molar-refractivity contribution in [1.82, 2.24) is 15.4 Å². The molecule has 2 heterocycles. The van der Waals surface area contributed by atoms with Gasteiger partial charge in [0.25, 0.3) is 5.91 Å². The first-order valence-electron chi connectivity index (χ1n) is 12.3. The highest BCUT2D eigenvalue weighted by atomic mass is 19.4. The largest absolute Gasteiger partial charge is 0.493 e. The topological polar surface area (TPSA) is 67.6 Å². The Morgan fingerprint density at radius 1 is 1.24 bits per heavy atom. The molecule has 0 spiro atoms. The fourth-order valence-corrected chi connectivity index (χ4v) is 4.62. The third-order valence-corrected chi connectivity index (χ3v) is 6.77. The van der Waals surface area contributed by atoms with E-state index in [1.54, 1.807) is 0 Å². The lowest BCUT2D eigenvalue weighted by Gasteiger charge is -2.37. The van der Waals surface area contributed by atoms with Crippen molar-refractivity contribution < 1.29 is 40.4 Å². The lowest BCUT2D eigenvalue weighted by molar-refractivity contribution is -0.287. The van der Waals surface area contributed by atoms with Crippen LogP contribution < -0.4 is 10.1 Å². The monoisotopic (exact) mass is 535 g/mol. The molecule has 0 bridgehead atoms. The Balaban J connectivity index is 1.39. The molecule has 1 aliphatic heterocycles. The van der Waals surface area contributed by atoms with Gasteiger partial charge in [0.1, 0.15) is 17.8 Å². The Morgan fingerprint density at radius 2 is 1.97 bits per heavy atom. The molecule has 1 aliphatic rings. The zero-order valence-corrected chi connectivity index (χ0v) is 20.5. The lowest BCUT2D eigenvalue weighted by atomic mass is 9.80. The fourth-order valence-electron chi connectivity index (χ4n) is 4.62. The van der Waals surface area contributed by atoms with E-state index in [2.05, 4.69) is 15.0 Å². The fraction of sp³-hybridized carbons (Fsp3) is 0.600. The first-order chi connectivity index (χ1) is 17.5. The van der Waals surface area contributed by atoms with Gasteiger partial charge in [-0.1, -0.05) is 18.5 Å². The first-order valence-corrected chi connectivity index (χ1v) is 12.3. The van der Waals surface area contributed by atoms with E-state index in [0.717, 1.165) is 18.9 Å². The van der Waals surface area contributed by atoms with Crippen molar-refractivity contribution in [3.05, 3.63) is 47.6 Å². The molecule has 1 N–H and O–H groups in total. The van der Waals surface area contributed by atoms with Crippen LogP contribution in [0.4, 0.5) is 26.3 Å². The Hall–Kier alpha value is -2.76.